The molecule has 2 aliphatic carbocycles. The zero-order valence-corrected chi connectivity index (χ0v) is 12.5. The molecule has 5 heteroatoms. The molecule has 2 atom stereocenters. The maximum atomic E-state index is 12.7. The smallest absolute Gasteiger partial charge is 0.246 e. The maximum absolute atomic E-state index is 12.7. The molecule has 3 rings (SSSR count). The monoisotopic (exact) mass is 296 g/mol. The fourth-order valence-electron chi connectivity index (χ4n) is 3.90. The first-order valence-electron chi connectivity index (χ1n) is 8.39. The van der Waals surface area contributed by atoms with Gasteiger partial charge in [-0.1, -0.05) is 19.3 Å². The first-order valence-corrected chi connectivity index (χ1v) is 8.39. The third kappa shape index (κ3) is 3.06. The van der Waals surface area contributed by atoms with E-state index in [9.17, 15) is 14.0 Å². The van der Waals surface area contributed by atoms with Crippen molar-refractivity contribution in [3.05, 3.63) is 0 Å². The van der Waals surface area contributed by atoms with Crippen LogP contribution >= 0.6 is 0 Å². The Balaban J connectivity index is 1.77. The Hall–Kier alpha value is -1.13. The highest BCUT2D eigenvalue weighted by Crippen LogP contribution is 2.37. The molecule has 118 valence electrons. The van der Waals surface area contributed by atoms with Gasteiger partial charge in [0.25, 0.3) is 0 Å². The molecule has 21 heavy (non-hydrogen) atoms. The van der Waals surface area contributed by atoms with Crippen LogP contribution in [0.3, 0.4) is 0 Å². The molecule has 2 amide bonds. The first-order chi connectivity index (χ1) is 10.2. The van der Waals surface area contributed by atoms with Crippen LogP contribution in [0.2, 0.25) is 0 Å². The number of piperazine rings is 1. The highest BCUT2D eigenvalue weighted by Gasteiger charge is 2.48. The summed E-state index contributed by atoms with van der Waals surface area (Å²) in [6, 6.07) is -0.712. The van der Waals surface area contributed by atoms with Crippen LogP contribution in [0.4, 0.5) is 4.39 Å². The number of nitrogens with one attached hydrogen (secondary N) is 1. The molecule has 1 N–H and O–H groups in total. The number of hydrogen-bond acceptors (Lipinski definition) is 2. The summed E-state index contributed by atoms with van der Waals surface area (Å²) in [5.41, 5.74) is 0. The summed E-state index contributed by atoms with van der Waals surface area (Å²) in [4.78, 5) is 27.0. The number of nitrogens with zero attached hydrogens (tertiary/aromatic N) is 1. The first kappa shape index (κ1) is 14.8. The van der Waals surface area contributed by atoms with E-state index in [2.05, 4.69) is 5.32 Å². The van der Waals surface area contributed by atoms with E-state index < -0.39 is 6.67 Å². The molecule has 1 saturated heterocycles. The summed E-state index contributed by atoms with van der Waals surface area (Å²) in [5, 5.41) is 2.96. The van der Waals surface area contributed by atoms with E-state index in [1.54, 1.807) is 4.90 Å². The highest BCUT2D eigenvalue weighted by atomic mass is 19.1. The summed E-state index contributed by atoms with van der Waals surface area (Å²) in [5.74, 6) is 0.586. The second-order valence-electron chi connectivity index (χ2n) is 6.74. The van der Waals surface area contributed by atoms with E-state index in [0.717, 1.165) is 38.5 Å². The van der Waals surface area contributed by atoms with Gasteiger partial charge in [0.2, 0.25) is 11.8 Å². The number of alkyl halides is 1. The van der Waals surface area contributed by atoms with Gasteiger partial charge in [0, 0.05) is 6.54 Å². The molecule has 0 bridgehead atoms. The molecule has 2 unspecified atom stereocenters. The van der Waals surface area contributed by atoms with Crippen molar-refractivity contribution in [1.82, 2.24) is 10.2 Å². The van der Waals surface area contributed by atoms with Crippen LogP contribution in [0, 0.1) is 11.8 Å². The van der Waals surface area contributed by atoms with Gasteiger partial charge in [0.05, 0.1) is 6.67 Å². The molecular formula is C16H25FN2O2. The van der Waals surface area contributed by atoms with Gasteiger partial charge in [0.1, 0.15) is 12.1 Å². The molecule has 0 aromatic carbocycles. The number of halogens is 1. The molecule has 0 aromatic heterocycles. The molecule has 0 aromatic rings. The minimum absolute atomic E-state index is 0.00254. The van der Waals surface area contributed by atoms with Gasteiger partial charge in [0.15, 0.2) is 0 Å². The van der Waals surface area contributed by atoms with Crippen molar-refractivity contribution in [3.63, 3.8) is 0 Å². The molecule has 3 fully saturated rings. The normalized spacial score (nSPS) is 31.4. The average molecular weight is 296 g/mol. The number of amides is 2. The van der Waals surface area contributed by atoms with Gasteiger partial charge >= 0.3 is 0 Å². The summed E-state index contributed by atoms with van der Waals surface area (Å²) < 4.78 is 12.6. The SMILES string of the molecule is O=C1NC(C2CC2)C(=O)N(CCCF)C1C1CCCCC1. The molecule has 0 radical (unpaired) electrons. The van der Waals surface area contributed by atoms with E-state index in [4.69, 9.17) is 0 Å². The number of hydrogen-bond donors (Lipinski definition) is 1. The van der Waals surface area contributed by atoms with Gasteiger partial charge in [-0.15, -0.1) is 0 Å². The van der Waals surface area contributed by atoms with Gasteiger partial charge in [-0.25, -0.2) is 0 Å². The summed E-state index contributed by atoms with van der Waals surface area (Å²) >= 11 is 0. The third-order valence-corrected chi connectivity index (χ3v) is 5.17. The fourth-order valence-corrected chi connectivity index (χ4v) is 3.90. The summed E-state index contributed by atoms with van der Waals surface area (Å²) in [6.45, 7) is -0.0516. The highest BCUT2D eigenvalue weighted by molar-refractivity contribution is 5.97. The summed E-state index contributed by atoms with van der Waals surface area (Å²) in [6.07, 6.45) is 7.85. The molecular weight excluding hydrogens is 271 g/mol. The van der Waals surface area contributed by atoms with Crippen LogP contribution < -0.4 is 5.32 Å². The van der Waals surface area contributed by atoms with Crippen molar-refractivity contribution < 1.29 is 14.0 Å². The van der Waals surface area contributed by atoms with Crippen LogP contribution in [0.25, 0.3) is 0 Å². The van der Waals surface area contributed by atoms with Crippen LogP contribution in [-0.4, -0.2) is 42.0 Å². The summed E-state index contributed by atoms with van der Waals surface area (Å²) in [7, 11) is 0. The van der Waals surface area contributed by atoms with Crippen molar-refractivity contribution in [2.45, 2.75) is 63.5 Å². The largest absolute Gasteiger partial charge is 0.342 e. The fraction of sp³-hybridized carbons (Fsp3) is 0.875. The van der Waals surface area contributed by atoms with E-state index in [0.29, 0.717) is 18.9 Å². The van der Waals surface area contributed by atoms with Crippen molar-refractivity contribution >= 4 is 11.8 Å². The Kier molecular flexibility index (Phi) is 4.45. The van der Waals surface area contributed by atoms with Gasteiger partial charge in [-0.05, 0) is 43.9 Å². The van der Waals surface area contributed by atoms with E-state index >= 15 is 0 Å². The predicted molar refractivity (Wildman–Crippen MR) is 77.3 cm³/mol. The van der Waals surface area contributed by atoms with Crippen LogP contribution in [-0.2, 0) is 9.59 Å². The Morgan fingerprint density at radius 2 is 1.76 bits per heavy atom. The van der Waals surface area contributed by atoms with Crippen LogP contribution in [0.1, 0.15) is 51.4 Å². The van der Waals surface area contributed by atoms with Crippen LogP contribution in [0.15, 0.2) is 0 Å². The van der Waals surface area contributed by atoms with E-state index in [1.807, 2.05) is 0 Å². The second kappa shape index (κ2) is 6.32. The Bertz CT molecular complexity index is 405. The lowest BCUT2D eigenvalue weighted by Gasteiger charge is -2.43. The molecule has 0 spiro atoms. The predicted octanol–water partition coefficient (Wildman–Crippen LogP) is 2.03. The standard InChI is InChI=1S/C16H25FN2O2/c17-9-4-10-19-14(12-5-2-1-3-6-12)15(20)18-13(16(19)21)11-7-8-11/h11-14H,1-10H2,(H,18,20). The lowest BCUT2D eigenvalue weighted by molar-refractivity contribution is -0.153. The second-order valence-corrected chi connectivity index (χ2v) is 6.74. The van der Waals surface area contributed by atoms with Crippen molar-refractivity contribution in [3.8, 4) is 0 Å². The average Bonchev–Trinajstić information content (AvgIpc) is 3.33. The zero-order valence-electron chi connectivity index (χ0n) is 12.5. The number of carbonyl (C=O) groups is 2. The number of rotatable bonds is 5. The molecule has 1 aliphatic heterocycles. The van der Waals surface area contributed by atoms with E-state index in [-0.39, 0.29) is 29.8 Å². The van der Waals surface area contributed by atoms with Crippen LogP contribution in [0.5, 0.6) is 0 Å². The Labute approximate surface area is 125 Å². The third-order valence-electron chi connectivity index (χ3n) is 5.17. The Morgan fingerprint density at radius 3 is 2.38 bits per heavy atom. The van der Waals surface area contributed by atoms with Crippen molar-refractivity contribution in [2.24, 2.45) is 11.8 Å². The zero-order chi connectivity index (χ0) is 14.8. The molecule has 4 nitrogen and oxygen atoms in total. The van der Waals surface area contributed by atoms with Gasteiger partial charge < -0.3 is 10.2 Å². The minimum Gasteiger partial charge on any atom is -0.342 e. The van der Waals surface area contributed by atoms with Gasteiger partial charge in [-0.2, -0.15) is 0 Å². The topological polar surface area (TPSA) is 49.4 Å². The number of carbonyl (C=O) groups excluding carboxylic acids is 2. The van der Waals surface area contributed by atoms with Crippen molar-refractivity contribution in [1.29, 1.82) is 0 Å². The lowest BCUT2D eigenvalue weighted by Crippen LogP contribution is -2.66. The maximum Gasteiger partial charge on any atom is 0.246 e. The molecule has 2 saturated carbocycles. The molecule has 1 heterocycles. The minimum atomic E-state index is -0.434. The lowest BCUT2D eigenvalue weighted by atomic mass is 9.81. The quantitative estimate of drug-likeness (QED) is 0.844. The van der Waals surface area contributed by atoms with Crippen molar-refractivity contribution in [2.75, 3.05) is 13.2 Å². The Morgan fingerprint density at radius 1 is 1.05 bits per heavy atom. The van der Waals surface area contributed by atoms with Gasteiger partial charge in [-0.3, -0.25) is 14.0 Å². The molecule has 3 aliphatic rings. The van der Waals surface area contributed by atoms with E-state index in [1.165, 1.54) is 6.42 Å².